The van der Waals surface area contributed by atoms with Gasteiger partial charge in [0, 0.05) is 16.6 Å². The first-order valence-corrected chi connectivity index (χ1v) is 8.26. The molecule has 2 aromatic rings. The van der Waals surface area contributed by atoms with E-state index in [1.807, 2.05) is 25.1 Å². The lowest BCUT2D eigenvalue weighted by atomic mass is 10.2. The molecule has 0 saturated carbocycles. The molecule has 0 fully saturated rings. The van der Waals surface area contributed by atoms with E-state index in [2.05, 4.69) is 5.32 Å². The van der Waals surface area contributed by atoms with Gasteiger partial charge < -0.3 is 14.8 Å². The molecule has 5 nitrogen and oxygen atoms in total. The molecule has 0 aromatic heterocycles. The van der Waals surface area contributed by atoms with Gasteiger partial charge in [-0.25, -0.2) is 4.79 Å². The quantitative estimate of drug-likeness (QED) is 0.744. The van der Waals surface area contributed by atoms with Crippen molar-refractivity contribution >= 4 is 35.1 Å². The van der Waals surface area contributed by atoms with Crippen LogP contribution in [0, 0.1) is 6.92 Å². The fraction of sp³-hybridized carbons (Fsp3) is 0.222. The highest BCUT2D eigenvalue weighted by Crippen LogP contribution is 2.20. The Morgan fingerprint density at radius 2 is 1.84 bits per heavy atom. The van der Waals surface area contributed by atoms with Crippen molar-refractivity contribution in [2.75, 3.05) is 13.2 Å². The molecule has 2 rings (SSSR count). The van der Waals surface area contributed by atoms with Crippen LogP contribution in [-0.4, -0.2) is 25.1 Å². The normalized spacial score (nSPS) is 10.2. The molecule has 132 valence electrons. The number of aryl methyl sites for hydroxylation is 1. The highest BCUT2D eigenvalue weighted by Gasteiger charge is 2.10. The predicted molar refractivity (Wildman–Crippen MR) is 95.9 cm³/mol. The second kappa shape index (κ2) is 9.30. The molecule has 0 unspecified atom stereocenters. The minimum atomic E-state index is -0.622. The van der Waals surface area contributed by atoms with Gasteiger partial charge in [0.2, 0.25) is 0 Å². The minimum absolute atomic E-state index is 0.214. The van der Waals surface area contributed by atoms with Crippen molar-refractivity contribution in [2.45, 2.75) is 13.5 Å². The Morgan fingerprint density at radius 3 is 2.56 bits per heavy atom. The van der Waals surface area contributed by atoms with Crippen LogP contribution in [0.15, 0.2) is 42.5 Å². The number of hydrogen-bond donors (Lipinski definition) is 1. The zero-order chi connectivity index (χ0) is 18.2. The van der Waals surface area contributed by atoms with E-state index in [9.17, 15) is 9.59 Å². The number of ether oxygens (including phenoxy) is 2. The van der Waals surface area contributed by atoms with Gasteiger partial charge in [-0.1, -0.05) is 47.5 Å². The molecular weight excluding hydrogens is 365 g/mol. The average molecular weight is 382 g/mol. The first kappa shape index (κ1) is 19.1. The molecular formula is C18H17Cl2NO4. The van der Waals surface area contributed by atoms with E-state index in [1.54, 1.807) is 24.3 Å². The summed E-state index contributed by atoms with van der Waals surface area (Å²) in [5.41, 5.74) is 1.63. The van der Waals surface area contributed by atoms with Crippen molar-refractivity contribution in [3.8, 4) is 5.75 Å². The molecule has 0 spiro atoms. The summed E-state index contributed by atoms with van der Waals surface area (Å²) in [6.07, 6.45) is 0. The van der Waals surface area contributed by atoms with Crippen LogP contribution < -0.4 is 10.1 Å². The summed E-state index contributed by atoms with van der Waals surface area (Å²) in [4.78, 5) is 23.4. The van der Waals surface area contributed by atoms with Crippen LogP contribution in [0.2, 0.25) is 10.0 Å². The van der Waals surface area contributed by atoms with Gasteiger partial charge in [0.05, 0.1) is 0 Å². The summed E-state index contributed by atoms with van der Waals surface area (Å²) < 4.78 is 10.2. The molecule has 0 saturated heterocycles. The minimum Gasteiger partial charge on any atom is -0.482 e. The topological polar surface area (TPSA) is 64.6 Å². The maximum atomic E-state index is 11.7. The van der Waals surface area contributed by atoms with E-state index in [0.29, 0.717) is 21.4 Å². The summed E-state index contributed by atoms with van der Waals surface area (Å²) in [6.45, 7) is 1.43. The smallest absolute Gasteiger partial charge is 0.344 e. The largest absolute Gasteiger partial charge is 0.482 e. The Hall–Kier alpha value is -2.24. The fourth-order valence-electron chi connectivity index (χ4n) is 1.95. The standard InChI is InChI=1S/C18H17Cl2NO4/c1-12-4-2-3-5-16(12)24-11-18(23)25-10-17(22)21-9-13-6-7-14(19)8-15(13)20/h2-8H,9-11H2,1H3,(H,21,22). The lowest BCUT2D eigenvalue weighted by Gasteiger charge is -2.10. The van der Waals surface area contributed by atoms with Crippen molar-refractivity contribution in [1.29, 1.82) is 0 Å². The van der Waals surface area contributed by atoms with Crippen LogP contribution >= 0.6 is 23.2 Å². The van der Waals surface area contributed by atoms with E-state index in [-0.39, 0.29) is 19.8 Å². The highest BCUT2D eigenvalue weighted by molar-refractivity contribution is 6.35. The number of hydrogen-bond acceptors (Lipinski definition) is 4. The van der Waals surface area contributed by atoms with Gasteiger partial charge >= 0.3 is 5.97 Å². The molecule has 0 aliphatic carbocycles. The van der Waals surface area contributed by atoms with Crippen LogP contribution in [-0.2, 0) is 20.9 Å². The molecule has 25 heavy (non-hydrogen) atoms. The van der Waals surface area contributed by atoms with Gasteiger partial charge in [-0.2, -0.15) is 0 Å². The molecule has 0 aliphatic rings. The number of rotatable bonds is 7. The monoisotopic (exact) mass is 381 g/mol. The number of para-hydroxylation sites is 1. The van der Waals surface area contributed by atoms with Crippen LogP contribution in [0.3, 0.4) is 0 Å². The molecule has 1 N–H and O–H groups in total. The third-order valence-corrected chi connectivity index (χ3v) is 3.88. The maximum absolute atomic E-state index is 11.7. The third kappa shape index (κ3) is 6.29. The summed E-state index contributed by atoms with van der Waals surface area (Å²) in [5, 5.41) is 3.58. The molecule has 0 aliphatic heterocycles. The number of halogens is 2. The van der Waals surface area contributed by atoms with Crippen LogP contribution in [0.5, 0.6) is 5.75 Å². The van der Waals surface area contributed by atoms with Gasteiger partial charge in [0.1, 0.15) is 5.75 Å². The van der Waals surface area contributed by atoms with Gasteiger partial charge in [0.15, 0.2) is 13.2 Å². The number of esters is 1. The van der Waals surface area contributed by atoms with Gasteiger partial charge in [-0.15, -0.1) is 0 Å². The van der Waals surface area contributed by atoms with Crippen molar-refractivity contribution in [3.63, 3.8) is 0 Å². The molecule has 0 heterocycles. The summed E-state index contributed by atoms with van der Waals surface area (Å²) in [6, 6.07) is 12.3. The lowest BCUT2D eigenvalue weighted by Crippen LogP contribution is -2.29. The van der Waals surface area contributed by atoms with Gasteiger partial charge in [-0.05, 0) is 36.2 Å². The van der Waals surface area contributed by atoms with Crippen molar-refractivity contribution in [1.82, 2.24) is 5.32 Å². The van der Waals surface area contributed by atoms with Crippen molar-refractivity contribution in [3.05, 3.63) is 63.6 Å². The Labute approximate surface area is 155 Å². The SMILES string of the molecule is Cc1ccccc1OCC(=O)OCC(=O)NCc1ccc(Cl)cc1Cl. The number of amides is 1. The highest BCUT2D eigenvalue weighted by atomic mass is 35.5. The van der Waals surface area contributed by atoms with E-state index < -0.39 is 11.9 Å². The number of carbonyl (C=O) groups is 2. The van der Waals surface area contributed by atoms with Crippen LogP contribution in [0.4, 0.5) is 0 Å². The first-order valence-electron chi connectivity index (χ1n) is 7.50. The van der Waals surface area contributed by atoms with Crippen LogP contribution in [0.1, 0.15) is 11.1 Å². The molecule has 0 bridgehead atoms. The first-order chi connectivity index (χ1) is 12.0. The summed E-state index contributed by atoms with van der Waals surface area (Å²) in [7, 11) is 0. The molecule has 2 aromatic carbocycles. The molecule has 7 heteroatoms. The number of carbonyl (C=O) groups excluding carboxylic acids is 2. The summed E-state index contributed by atoms with van der Waals surface area (Å²) >= 11 is 11.8. The van der Waals surface area contributed by atoms with E-state index >= 15 is 0 Å². The van der Waals surface area contributed by atoms with E-state index in [0.717, 1.165) is 5.56 Å². The number of nitrogens with one attached hydrogen (secondary N) is 1. The van der Waals surface area contributed by atoms with E-state index in [4.69, 9.17) is 32.7 Å². The second-order valence-corrected chi connectivity index (χ2v) is 6.07. The second-order valence-electron chi connectivity index (χ2n) is 5.23. The van der Waals surface area contributed by atoms with E-state index in [1.165, 1.54) is 0 Å². The fourth-order valence-corrected chi connectivity index (χ4v) is 2.43. The maximum Gasteiger partial charge on any atom is 0.344 e. The predicted octanol–water partition coefficient (Wildman–Crippen LogP) is 3.54. The Balaban J connectivity index is 1.70. The van der Waals surface area contributed by atoms with Gasteiger partial charge in [-0.3, -0.25) is 4.79 Å². The third-order valence-electron chi connectivity index (χ3n) is 3.29. The van der Waals surface area contributed by atoms with Crippen molar-refractivity contribution < 1.29 is 19.1 Å². The number of benzene rings is 2. The lowest BCUT2D eigenvalue weighted by molar-refractivity contribution is -0.150. The van der Waals surface area contributed by atoms with Gasteiger partial charge in [0.25, 0.3) is 5.91 Å². The van der Waals surface area contributed by atoms with Crippen LogP contribution in [0.25, 0.3) is 0 Å². The average Bonchev–Trinajstić information content (AvgIpc) is 2.58. The molecule has 1 amide bonds. The summed E-state index contributed by atoms with van der Waals surface area (Å²) in [5.74, 6) is -0.459. The van der Waals surface area contributed by atoms with Crippen molar-refractivity contribution in [2.24, 2.45) is 0 Å². The Bertz CT molecular complexity index is 764. The zero-order valence-electron chi connectivity index (χ0n) is 13.6. The molecule has 0 atom stereocenters. The Morgan fingerprint density at radius 1 is 1.08 bits per heavy atom. The Kier molecular flexibility index (Phi) is 7.10. The zero-order valence-corrected chi connectivity index (χ0v) is 15.1. The molecule has 0 radical (unpaired) electrons.